The van der Waals surface area contributed by atoms with E-state index in [1.165, 1.54) is 0 Å². The van der Waals surface area contributed by atoms with E-state index in [0.29, 0.717) is 12.5 Å². The van der Waals surface area contributed by atoms with E-state index >= 15 is 0 Å². The summed E-state index contributed by atoms with van der Waals surface area (Å²) in [6.07, 6.45) is 3.67. The number of fused-ring (bicyclic) bond motifs is 1. The molecule has 1 atom stereocenters. The van der Waals surface area contributed by atoms with Crippen LogP contribution in [0.5, 0.6) is 0 Å². The quantitative estimate of drug-likeness (QED) is 0.732. The van der Waals surface area contributed by atoms with Gasteiger partial charge in [0.15, 0.2) is 0 Å². The van der Waals surface area contributed by atoms with Gasteiger partial charge in [0.05, 0.1) is 31.1 Å². The molecule has 2 N–H and O–H groups in total. The SMILES string of the molecule is CC(C)C(Nc1cnn(CCO)c1)c1cc2ccccc2o1. The van der Waals surface area contributed by atoms with Crippen molar-refractivity contribution in [3.8, 4) is 0 Å². The minimum absolute atomic E-state index is 0.0687. The predicted molar refractivity (Wildman–Crippen MR) is 86.7 cm³/mol. The van der Waals surface area contributed by atoms with Gasteiger partial charge in [-0.2, -0.15) is 5.10 Å². The van der Waals surface area contributed by atoms with Gasteiger partial charge in [0.2, 0.25) is 0 Å². The number of nitrogens with zero attached hydrogens (tertiary/aromatic N) is 2. The number of anilines is 1. The first kappa shape index (κ1) is 14.7. The van der Waals surface area contributed by atoms with Crippen molar-refractivity contribution >= 4 is 16.7 Å². The molecule has 1 unspecified atom stereocenters. The van der Waals surface area contributed by atoms with E-state index < -0.39 is 0 Å². The third-order valence-electron chi connectivity index (χ3n) is 3.70. The zero-order valence-electron chi connectivity index (χ0n) is 12.9. The van der Waals surface area contributed by atoms with Crippen LogP contribution in [0.25, 0.3) is 11.0 Å². The molecule has 0 aliphatic rings. The first-order valence-corrected chi connectivity index (χ1v) is 7.55. The van der Waals surface area contributed by atoms with Gasteiger partial charge in [0.25, 0.3) is 0 Å². The molecule has 2 aromatic heterocycles. The molecular weight excluding hydrogens is 278 g/mol. The number of hydrogen-bond acceptors (Lipinski definition) is 4. The summed E-state index contributed by atoms with van der Waals surface area (Å²) in [5.41, 5.74) is 1.83. The van der Waals surface area contributed by atoms with Crippen LogP contribution in [0.4, 0.5) is 5.69 Å². The largest absolute Gasteiger partial charge is 0.459 e. The number of benzene rings is 1. The molecule has 22 heavy (non-hydrogen) atoms. The molecule has 0 fully saturated rings. The van der Waals surface area contributed by atoms with E-state index in [2.05, 4.69) is 36.4 Å². The molecule has 0 radical (unpaired) electrons. The Bertz CT molecular complexity index is 712. The lowest BCUT2D eigenvalue weighted by Crippen LogP contribution is -2.15. The van der Waals surface area contributed by atoms with Crippen molar-refractivity contribution in [2.45, 2.75) is 26.4 Å². The second-order valence-electron chi connectivity index (χ2n) is 5.77. The number of nitrogens with one attached hydrogen (secondary N) is 1. The van der Waals surface area contributed by atoms with Crippen LogP contribution in [-0.2, 0) is 6.54 Å². The summed E-state index contributed by atoms with van der Waals surface area (Å²) >= 11 is 0. The maximum Gasteiger partial charge on any atom is 0.134 e. The van der Waals surface area contributed by atoms with Gasteiger partial charge in [-0.25, -0.2) is 0 Å². The normalized spacial score (nSPS) is 12.9. The van der Waals surface area contributed by atoms with E-state index in [1.54, 1.807) is 10.9 Å². The average Bonchev–Trinajstić information content (AvgIpc) is 3.10. The zero-order chi connectivity index (χ0) is 15.5. The monoisotopic (exact) mass is 299 g/mol. The fraction of sp³-hybridized carbons (Fsp3) is 0.353. The second kappa shape index (κ2) is 6.23. The van der Waals surface area contributed by atoms with Crippen molar-refractivity contribution in [3.63, 3.8) is 0 Å². The molecule has 5 heteroatoms. The van der Waals surface area contributed by atoms with E-state index in [0.717, 1.165) is 22.4 Å². The lowest BCUT2D eigenvalue weighted by Gasteiger charge is -2.20. The standard InChI is InChI=1S/C17H21N3O2/c1-12(2)17(19-14-10-18-20(11-14)7-8-21)16-9-13-5-3-4-6-15(13)22-16/h3-6,9-12,17,19,21H,7-8H2,1-2H3. The van der Waals surface area contributed by atoms with Crippen LogP contribution in [0, 0.1) is 5.92 Å². The first-order valence-electron chi connectivity index (χ1n) is 7.55. The van der Waals surface area contributed by atoms with Gasteiger partial charge in [-0.1, -0.05) is 32.0 Å². The summed E-state index contributed by atoms with van der Waals surface area (Å²) in [4.78, 5) is 0. The van der Waals surface area contributed by atoms with Crippen molar-refractivity contribution in [1.29, 1.82) is 0 Å². The van der Waals surface area contributed by atoms with E-state index in [4.69, 9.17) is 9.52 Å². The summed E-state index contributed by atoms with van der Waals surface area (Å²) < 4.78 is 7.71. The highest BCUT2D eigenvalue weighted by Crippen LogP contribution is 2.31. The van der Waals surface area contributed by atoms with Crippen molar-refractivity contribution < 1.29 is 9.52 Å². The van der Waals surface area contributed by atoms with Gasteiger partial charge >= 0.3 is 0 Å². The second-order valence-corrected chi connectivity index (χ2v) is 5.77. The minimum atomic E-state index is 0.0687. The van der Waals surface area contributed by atoms with Gasteiger partial charge in [-0.3, -0.25) is 4.68 Å². The molecule has 0 aliphatic carbocycles. The number of aromatic nitrogens is 2. The molecule has 3 aromatic rings. The molecule has 0 aliphatic heterocycles. The fourth-order valence-corrected chi connectivity index (χ4v) is 2.56. The predicted octanol–water partition coefficient (Wildman–Crippen LogP) is 3.43. The van der Waals surface area contributed by atoms with E-state index in [1.807, 2.05) is 24.4 Å². The van der Waals surface area contributed by atoms with Crippen LogP contribution in [0.2, 0.25) is 0 Å². The molecule has 116 valence electrons. The molecule has 2 heterocycles. The van der Waals surface area contributed by atoms with Gasteiger partial charge in [0, 0.05) is 11.6 Å². The Balaban J connectivity index is 1.85. The average molecular weight is 299 g/mol. The lowest BCUT2D eigenvalue weighted by atomic mass is 10.0. The van der Waals surface area contributed by atoms with Crippen LogP contribution in [0.1, 0.15) is 25.6 Å². The third-order valence-corrected chi connectivity index (χ3v) is 3.70. The Morgan fingerprint density at radius 2 is 2.14 bits per heavy atom. The van der Waals surface area contributed by atoms with Crippen molar-refractivity contribution in [3.05, 3.63) is 48.5 Å². The molecular formula is C17H21N3O2. The Morgan fingerprint density at radius 3 is 2.86 bits per heavy atom. The number of aliphatic hydroxyl groups is 1. The maximum absolute atomic E-state index is 8.96. The van der Waals surface area contributed by atoms with Gasteiger partial charge in [0.1, 0.15) is 11.3 Å². The van der Waals surface area contributed by atoms with Crippen LogP contribution in [0.3, 0.4) is 0 Å². The molecule has 0 amide bonds. The molecule has 1 aromatic carbocycles. The Morgan fingerprint density at radius 1 is 1.32 bits per heavy atom. The van der Waals surface area contributed by atoms with E-state index in [-0.39, 0.29) is 12.6 Å². The Hall–Kier alpha value is -2.27. The molecule has 0 saturated carbocycles. The molecule has 0 bridgehead atoms. The summed E-state index contributed by atoms with van der Waals surface area (Å²) in [5.74, 6) is 1.29. The van der Waals surface area contributed by atoms with Crippen LogP contribution in [-0.4, -0.2) is 21.5 Å². The fourth-order valence-electron chi connectivity index (χ4n) is 2.56. The maximum atomic E-state index is 8.96. The van der Waals surface area contributed by atoms with E-state index in [9.17, 15) is 0 Å². The molecule has 0 spiro atoms. The number of rotatable bonds is 6. The smallest absolute Gasteiger partial charge is 0.134 e. The summed E-state index contributed by atoms with van der Waals surface area (Å²) in [6, 6.07) is 10.2. The summed E-state index contributed by atoms with van der Waals surface area (Å²) in [6.45, 7) is 4.89. The molecule has 3 rings (SSSR count). The van der Waals surface area contributed by atoms with Crippen LogP contribution in [0.15, 0.2) is 47.1 Å². The van der Waals surface area contributed by atoms with Crippen molar-refractivity contribution in [1.82, 2.24) is 9.78 Å². The number of furan rings is 1. The Kier molecular flexibility index (Phi) is 4.15. The van der Waals surface area contributed by atoms with Crippen molar-refractivity contribution in [2.75, 3.05) is 11.9 Å². The highest BCUT2D eigenvalue weighted by atomic mass is 16.3. The van der Waals surface area contributed by atoms with Gasteiger partial charge < -0.3 is 14.8 Å². The van der Waals surface area contributed by atoms with Crippen molar-refractivity contribution in [2.24, 2.45) is 5.92 Å². The highest BCUT2D eigenvalue weighted by Gasteiger charge is 2.20. The lowest BCUT2D eigenvalue weighted by molar-refractivity contribution is 0.269. The number of hydrogen-bond donors (Lipinski definition) is 2. The first-order chi connectivity index (χ1) is 10.7. The third kappa shape index (κ3) is 2.99. The van der Waals surface area contributed by atoms with Gasteiger partial charge in [-0.15, -0.1) is 0 Å². The van der Waals surface area contributed by atoms with Gasteiger partial charge in [-0.05, 0) is 18.1 Å². The summed E-state index contributed by atoms with van der Waals surface area (Å²) in [5, 5.41) is 17.8. The number of aliphatic hydroxyl groups excluding tert-OH is 1. The minimum Gasteiger partial charge on any atom is -0.459 e. The topological polar surface area (TPSA) is 63.2 Å². The highest BCUT2D eigenvalue weighted by molar-refractivity contribution is 5.77. The zero-order valence-corrected chi connectivity index (χ0v) is 12.9. The molecule has 0 saturated heterocycles. The van der Waals surface area contributed by atoms with Crippen LogP contribution < -0.4 is 5.32 Å². The molecule has 5 nitrogen and oxygen atoms in total. The summed E-state index contributed by atoms with van der Waals surface area (Å²) in [7, 11) is 0. The Labute approximate surface area is 129 Å². The van der Waals surface area contributed by atoms with Crippen LogP contribution >= 0.6 is 0 Å². The number of para-hydroxylation sites is 1.